The number of nitrogens with zero attached hydrogens (tertiary/aromatic N) is 6. The van der Waals surface area contributed by atoms with Gasteiger partial charge in [-0.25, -0.2) is 19.7 Å². The molecular weight excluding hydrogens is 459 g/mol. The molecule has 2 fully saturated rings. The molecule has 0 spiro atoms. The zero-order valence-corrected chi connectivity index (χ0v) is 18.4. The molecule has 2 N–H and O–H groups in total. The number of piperidine rings is 1. The van der Waals surface area contributed by atoms with Gasteiger partial charge in [-0.1, -0.05) is 0 Å². The molecule has 4 heterocycles. The smallest absolute Gasteiger partial charge is 0.434 e. The van der Waals surface area contributed by atoms with E-state index in [2.05, 4.69) is 19.9 Å². The third-order valence-electron chi connectivity index (χ3n) is 5.50. The van der Waals surface area contributed by atoms with Gasteiger partial charge in [0.1, 0.15) is 6.10 Å². The quantitative estimate of drug-likeness (QED) is 0.689. The minimum Gasteiger partial charge on any atom is -0.474 e. The predicted octanol–water partition coefficient (Wildman–Crippen LogP) is 1.98. The van der Waals surface area contributed by atoms with Crippen molar-refractivity contribution in [1.82, 2.24) is 24.8 Å². The monoisotopic (exact) mass is 483 g/mol. The number of methoxy groups -OCH3 is 1. The molecule has 2 saturated heterocycles. The number of hydrogen-bond acceptors (Lipinski definition) is 10. The number of rotatable bonds is 4. The zero-order valence-electron chi connectivity index (χ0n) is 18.4. The lowest BCUT2D eigenvalue weighted by molar-refractivity contribution is -0.140. The molecule has 11 nitrogen and oxygen atoms in total. The van der Waals surface area contributed by atoms with Crippen molar-refractivity contribution in [2.45, 2.75) is 25.1 Å². The highest BCUT2D eigenvalue weighted by Crippen LogP contribution is 2.36. The first-order chi connectivity index (χ1) is 16.2. The van der Waals surface area contributed by atoms with Crippen molar-refractivity contribution in [1.29, 1.82) is 0 Å². The lowest BCUT2D eigenvalue weighted by Gasteiger charge is -2.31. The number of amides is 1. The second kappa shape index (κ2) is 9.83. The summed E-state index contributed by atoms with van der Waals surface area (Å²) in [6.07, 6.45) is -3.44. The SMILES string of the molecule is COC(=O)N1CCC(Oc2cc(-c3cnc(N)nc3C(F)(F)F)nc(N3CCOCC3)n2)CC1. The molecule has 0 aromatic carbocycles. The Labute approximate surface area is 193 Å². The molecule has 2 aromatic rings. The minimum atomic E-state index is -4.77. The van der Waals surface area contributed by atoms with Gasteiger partial charge < -0.3 is 29.7 Å². The summed E-state index contributed by atoms with van der Waals surface area (Å²) >= 11 is 0. The summed E-state index contributed by atoms with van der Waals surface area (Å²) in [6, 6.07) is 1.33. The van der Waals surface area contributed by atoms with Gasteiger partial charge in [-0.15, -0.1) is 0 Å². The molecule has 1 amide bonds. The number of likely N-dealkylation sites (tertiary alicyclic amines) is 1. The molecule has 2 aliphatic heterocycles. The third kappa shape index (κ3) is 5.38. The van der Waals surface area contributed by atoms with E-state index in [1.807, 2.05) is 4.90 Å². The largest absolute Gasteiger partial charge is 0.474 e. The number of hydrogen-bond donors (Lipinski definition) is 1. The second-order valence-electron chi connectivity index (χ2n) is 7.75. The normalized spacial score (nSPS) is 17.5. The molecule has 0 atom stereocenters. The minimum absolute atomic E-state index is 0.0363. The van der Waals surface area contributed by atoms with Crippen LogP contribution in [-0.4, -0.2) is 83.5 Å². The van der Waals surface area contributed by atoms with Crippen molar-refractivity contribution in [3.63, 3.8) is 0 Å². The molecular formula is C20H24F3N7O4. The predicted molar refractivity (Wildman–Crippen MR) is 113 cm³/mol. The van der Waals surface area contributed by atoms with Crippen molar-refractivity contribution in [3.8, 4) is 17.1 Å². The maximum absolute atomic E-state index is 13.7. The van der Waals surface area contributed by atoms with Crippen molar-refractivity contribution < 1.29 is 32.2 Å². The molecule has 184 valence electrons. The van der Waals surface area contributed by atoms with Crippen LogP contribution in [0.3, 0.4) is 0 Å². The standard InChI is InChI=1S/C20H24F3N7O4/c1-32-19(31)30-4-2-12(3-5-30)34-15-10-14(26-18(27-15)29-6-8-33-9-7-29)13-11-25-17(24)28-16(13)20(21,22)23/h10-12H,2-9H2,1H3,(H2,24,25,28). The first kappa shape index (κ1) is 23.7. The maximum atomic E-state index is 13.7. The summed E-state index contributed by atoms with van der Waals surface area (Å²) in [7, 11) is 1.32. The van der Waals surface area contributed by atoms with Crippen LogP contribution in [-0.2, 0) is 15.7 Å². The highest BCUT2D eigenvalue weighted by molar-refractivity contribution is 5.67. The summed E-state index contributed by atoms with van der Waals surface area (Å²) in [4.78, 5) is 31.0. The van der Waals surface area contributed by atoms with E-state index in [-0.39, 0.29) is 29.2 Å². The topological polar surface area (TPSA) is 129 Å². The number of nitrogens with two attached hydrogens (primary N) is 1. The van der Waals surface area contributed by atoms with Crippen molar-refractivity contribution in [2.75, 3.05) is 57.1 Å². The number of aromatic nitrogens is 4. The molecule has 14 heteroatoms. The molecule has 34 heavy (non-hydrogen) atoms. The Balaban J connectivity index is 1.66. The summed E-state index contributed by atoms with van der Waals surface area (Å²) in [5.41, 5.74) is 3.85. The van der Waals surface area contributed by atoms with E-state index < -0.39 is 23.9 Å². The van der Waals surface area contributed by atoms with Crippen LogP contribution in [0.25, 0.3) is 11.3 Å². The number of anilines is 2. The molecule has 4 rings (SSSR count). The number of carbonyl (C=O) groups excluding carboxylic acids is 1. The Morgan fingerprint density at radius 3 is 2.50 bits per heavy atom. The summed E-state index contributed by atoms with van der Waals surface area (Å²) in [5.74, 6) is -0.159. The number of morpholine rings is 1. The Hall–Kier alpha value is -3.42. The summed E-state index contributed by atoms with van der Waals surface area (Å²) < 4.78 is 57.2. The molecule has 0 bridgehead atoms. The average molecular weight is 483 g/mol. The van der Waals surface area contributed by atoms with Crippen molar-refractivity contribution in [2.24, 2.45) is 0 Å². The average Bonchev–Trinajstić information content (AvgIpc) is 2.84. The maximum Gasteiger partial charge on any atom is 0.434 e. The van der Waals surface area contributed by atoms with Crippen LogP contribution in [0, 0.1) is 0 Å². The number of ether oxygens (including phenoxy) is 3. The molecule has 0 aliphatic carbocycles. The van der Waals surface area contributed by atoms with E-state index in [0.29, 0.717) is 52.2 Å². The lowest BCUT2D eigenvalue weighted by atomic mass is 10.1. The Morgan fingerprint density at radius 2 is 1.85 bits per heavy atom. The highest BCUT2D eigenvalue weighted by atomic mass is 19.4. The van der Waals surface area contributed by atoms with Crippen molar-refractivity contribution >= 4 is 18.0 Å². The van der Waals surface area contributed by atoms with Crippen LogP contribution >= 0.6 is 0 Å². The number of alkyl halides is 3. The molecule has 2 aromatic heterocycles. The van der Waals surface area contributed by atoms with Gasteiger partial charge in [0, 0.05) is 56.8 Å². The summed E-state index contributed by atoms with van der Waals surface area (Å²) in [5, 5.41) is 0. The van der Waals surface area contributed by atoms with Crippen LogP contribution in [0.2, 0.25) is 0 Å². The van der Waals surface area contributed by atoms with Gasteiger partial charge in [-0.05, 0) is 0 Å². The fourth-order valence-electron chi connectivity index (χ4n) is 3.77. The van der Waals surface area contributed by atoms with Gasteiger partial charge >= 0.3 is 12.3 Å². The molecule has 0 unspecified atom stereocenters. The van der Waals surface area contributed by atoms with Crippen LogP contribution < -0.4 is 15.4 Å². The Morgan fingerprint density at radius 1 is 1.15 bits per heavy atom. The lowest BCUT2D eigenvalue weighted by Crippen LogP contribution is -2.41. The van der Waals surface area contributed by atoms with Gasteiger partial charge in [0.05, 0.1) is 26.0 Å². The number of carbonyl (C=O) groups is 1. The van der Waals surface area contributed by atoms with Crippen LogP contribution in [0.1, 0.15) is 18.5 Å². The van der Waals surface area contributed by atoms with E-state index in [1.54, 1.807) is 4.90 Å². The van der Waals surface area contributed by atoms with Crippen molar-refractivity contribution in [3.05, 3.63) is 18.0 Å². The van der Waals surface area contributed by atoms with E-state index in [0.717, 1.165) is 6.20 Å². The Bertz CT molecular complexity index is 1030. The number of nitrogen functional groups attached to an aromatic ring is 1. The van der Waals surface area contributed by atoms with E-state index in [4.69, 9.17) is 19.9 Å². The molecule has 0 saturated carbocycles. The van der Waals surface area contributed by atoms with Gasteiger partial charge in [0.2, 0.25) is 17.8 Å². The van der Waals surface area contributed by atoms with E-state index >= 15 is 0 Å². The third-order valence-corrected chi connectivity index (χ3v) is 5.50. The van der Waals surface area contributed by atoms with Gasteiger partial charge in [-0.2, -0.15) is 18.2 Å². The Kier molecular flexibility index (Phi) is 6.86. The first-order valence-corrected chi connectivity index (χ1v) is 10.7. The van der Waals surface area contributed by atoms with Crippen LogP contribution in [0.15, 0.2) is 12.3 Å². The fourth-order valence-corrected chi connectivity index (χ4v) is 3.77. The first-order valence-electron chi connectivity index (χ1n) is 10.7. The zero-order chi connectivity index (χ0) is 24.3. The van der Waals surface area contributed by atoms with Gasteiger partial charge in [-0.3, -0.25) is 0 Å². The van der Waals surface area contributed by atoms with E-state index in [9.17, 15) is 18.0 Å². The molecule has 2 aliphatic rings. The highest BCUT2D eigenvalue weighted by Gasteiger charge is 2.37. The van der Waals surface area contributed by atoms with E-state index in [1.165, 1.54) is 13.2 Å². The number of halogens is 3. The van der Waals surface area contributed by atoms with Crippen LogP contribution in [0.5, 0.6) is 5.88 Å². The summed E-state index contributed by atoms with van der Waals surface area (Å²) in [6.45, 7) is 2.68. The fraction of sp³-hybridized carbons (Fsp3) is 0.550. The van der Waals surface area contributed by atoms with Gasteiger partial charge in [0.25, 0.3) is 0 Å². The van der Waals surface area contributed by atoms with Gasteiger partial charge in [0.15, 0.2) is 5.69 Å². The second-order valence-corrected chi connectivity index (χ2v) is 7.75. The van der Waals surface area contributed by atoms with Crippen LogP contribution in [0.4, 0.5) is 29.9 Å². The molecule has 0 radical (unpaired) electrons.